The van der Waals surface area contributed by atoms with Gasteiger partial charge in [-0.25, -0.2) is 4.79 Å². The zero-order valence-corrected chi connectivity index (χ0v) is 22.5. The minimum Gasteiger partial charge on any atom is -0.444 e. The second kappa shape index (κ2) is 11.1. The topological polar surface area (TPSA) is 126 Å². The zero-order chi connectivity index (χ0) is 27.6. The minimum atomic E-state index is -0.979. The third kappa shape index (κ3) is 5.82. The SMILES string of the molecule is CN1C(=O)CCC(N2C(=O)c3cccc(NCCCOC4CCN(C(=O)OC(C)(C)C)CC4)c3C2=O)C1=O. The maximum absolute atomic E-state index is 13.3. The van der Waals surface area contributed by atoms with E-state index >= 15 is 0 Å². The van der Waals surface area contributed by atoms with E-state index in [4.69, 9.17) is 9.47 Å². The smallest absolute Gasteiger partial charge is 0.410 e. The summed E-state index contributed by atoms with van der Waals surface area (Å²) in [5, 5.41) is 3.23. The van der Waals surface area contributed by atoms with E-state index in [1.54, 1.807) is 23.1 Å². The van der Waals surface area contributed by atoms with E-state index in [0.717, 1.165) is 22.6 Å². The van der Waals surface area contributed by atoms with E-state index in [9.17, 15) is 24.0 Å². The van der Waals surface area contributed by atoms with E-state index < -0.39 is 29.4 Å². The second-order valence-corrected chi connectivity index (χ2v) is 10.9. The molecule has 0 saturated carbocycles. The van der Waals surface area contributed by atoms with Gasteiger partial charge < -0.3 is 19.7 Å². The lowest BCUT2D eigenvalue weighted by atomic mass is 10.0. The summed E-state index contributed by atoms with van der Waals surface area (Å²) in [6, 6.07) is 4.03. The van der Waals surface area contributed by atoms with Crippen LogP contribution in [0.25, 0.3) is 0 Å². The lowest BCUT2D eigenvalue weighted by Gasteiger charge is -2.33. The van der Waals surface area contributed by atoms with Crippen LogP contribution in [-0.2, 0) is 19.1 Å². The predicted octanol–water partition coefficient (Wildman–Crippen LogP) is 2.65. The summed E-state index contributed by atoms with van der Waals surface area (Å²) in [7, 11) is 1.37. The normalized spacial score (nSPS) is 20.7. The molecule has 3 heterocycles. The van der Waals surface area contributed by atoms with Gasteiger partial charge in [0.15, 0.2) is 0 Å². The molecule has 3 aliphatic rings. The highest BCUT2D eigenvalue weighted by atomic mass is 16.6. The molecule has 1 atom stereocenters. The average Bonchev–Trinajstić information content (AvgIpc) is 3.12. The highest BCUT2D eigenvalue weighted by Gasteiger charge is 2.47. The maximum Gasteiger partial charge on any atom is 0.410 e. The Balaban J connectivity index is 1.25. The molecule has 1 N–H and O–H groups in total. The van der Waals surface area contributed by atoms with Crippen LogP contribution in [0.2, 0.25) is 0 Å². The summed E-state index contributed by atoms with van der Waals surface area (Å²) in [6.07, 6.45) is 2.17. The first kappa shape index (κ1) is 27.6. The number of ether oxygens (including phenoxy) is 2. The van der Waals surface area contributed by atoms with Crippen molar-refractivity contribution in [2.24, 2.45) is 0 Å². The van der Waals surface area contributed by atoms with Gasteiger partial charge in [-0.05, 0) is 58.6 Å². The van der Waals surface area contributed by atoms with Crippen LogP contribution >= 0.6 is 0 Å². The summed E-state index contributed by atoms with van der Waals surface area (Å²) in [6.45, 7) is 7.76. The molecule has 0 aromatic heterocycles. The molecule has 0 radical (unpaired) electrons. The Bertz CT molecular complexity index is 1120. The molecule has 0 bridgehead atoms. The van der Waals surface area contributed by atoms with E-state index in [0.29, 0.717) is 38.3 Å². The zero-order valence-electron chi connectivity index (χ0n) is 22.5. The molecule has 2 fully saturated rings. The number of nitrogens with zero attached hydrogens (tertiary/aromatic N) is 3. The summed E-state index contributed by atoms with van der Waals surface area (Å²) in [5.74, 6) is -1.90. The number of likely N-dealkylation sites (tertiary alicyclic amines) is 2. The van der Waals surface area contributed by atoms with Crippen molar-refractivity contribution in [3.8, 4) is 0 Å². The number of hydrogen-bond acceptors (Lipinski definition) is 8. The van der Waals surface area contributed by atoms with Crippen molar-refractivity contribution in [2.45, 2.75) is 70.6 Å². The van der Waals surface area contributed by atoms with Crippen LogP contribution in [0.1, 0.15) is 73.6 Å². The van der Waals surface area contributed by atoms with Gasteiger partial charge in [0.2, 0.25) is 5.91 Å². The lowest BCUT2D eigenvalue weighted by molar-refractivity contribution is -0.149. The van der Waals surface area contributed by atoms with Crippen LogP contribution in [0, 0.1) is 0 Å². The van der Waals surface area contributed by atoms with Gasteiger partial charge in [-0.15, -0.1) is 0 Å². The first-order valence-electron chi connectivity index (χ1n) is 13.1. The van der Waals surface area contributed by atoms with Gasteiger partial charge in [0.05, 0.1) is 17.2 Å². The van der Waals surface area contributed by atoms with Crippen LogP contribution in [0.15, 0.2) is 18.2 Å². The van der Waals surface area contributed by atoms with Gasteiger partial charge in [0, 0.05) is 45.4 Å². The Morgan fingerprint density at radius 2 is 1.76 bits per heavy atom. The van der Waals surface area contributed by atoms with E-state index in [1.165, 1.54) is 7.05 Å². The van der Waals surface area contributed by atoms with Crippen molar-refractivity contribution in [3.63, 3.8) is 0 Å². The summed E-state index contributed by atoms with van der Waals surface area (Å²) in [5.41, 5.74) is 0.513. The van der Waals surface area contributed by atoms with Crippen molar-refractivity contribution in [1.82, 2.24) is 14.7 Å². The average molecular weight is 529 g/mol. The fraction of sp³-hybridized carbons (Fsp3) is 0.593. The molecular formula is C27H36N4O7. The Labute approximate surface area is 222 Å². The van der Waals surface area contributed by atoms with Crippen LogP contribution in [0.3, 0.4) is 0 Å². The molecule has 0 spiro atoms. The van der Waals surface area contributed by atoms with Crippen LogP contribution in [-0.4, -0.2) is 95.5 Å². The summed E-state index contributed by atoms with van der Waals surface area (Å²) in [4.78, 5) is 66.7. The van der Waals surface area contributed by atoms with Crippen molar-refractivity contribution < 1.29 is 33.4 Å². The molecule has 11 nitrogen and oxygen atoms in total. The van der Waals surface area contributed by atoms with Crippen LogP contribution in [0.5, 0.6) is 0 Å². The van der Waals surface area contributed by atoms with E-state index in [1.807, 2.05) is 20.8 Å². The number of benzene rings is 1. The fourth-order valence-corrected chi connectivity index (χ4v) is 4.95. The highest BCUT2D eigenvalue weighted by Crippen LogP contribution is 2.33. The molecule has 206 valence electrons. The van der Waals surface area contributed by atoms with Gasteiger partial charge in [0.25, 0.3) is 17.7 Å². The summed E-state index contributed by atoms with van der Waals surface area (Å²) < 4.78 is 11.4. The van der Waals surface area contributed by atoms with Crippen molar-refractivity contribution in [1.29, 1.82) is 0 Å². The monoisotopic (exact) mass is 528 g/mol. The van der Waals surface area contributed by atoms with Crippen molar-refractivity contribution >= 4 is 35.4 Å². The molecule has 2 saturated heterocycles. The largest absolute Gasteiger partial charge is 0.444 e. The standard InChI is InChI=1S/C27H36N4O7/c1-27(2,3)38-26(36)30-14-11-17(12-15-30)37-16-6-13-28-19-8-5-7-18-22(19)25(35)31(23(18)33)20-9-10-21(32)29(4)24(20)34/h5,7-8,17,20,28H,6,9-16H2,1-4H3. The number of nitrogens with one attached hydrogen (secondary N) is 1. The highest BCUT2D eigenvalue weighted by molar-refractivity contribution is 6.25. The third-order valence-electron chi connectivity index (χ3n) is 6.96. The first-order chi connectivity index (χ1) is 18.0. The molecule has 1 aromatic rings. The number of rotatable bonds is 7. The third-order valence-corrected chi connectivity index (χ3v) is 6.96. The molecule has 1 unspecified atom stereocenters. The van der Waals surface area contributed by atoms with Gasteiger partial charge in [0.1, 0.15) is 11.6 Å². The molecule has 1 aromatic carbocycles. The van der Waals surface area contributed by atoms with Crippen molar-refractivity contribution in [3.05, 3.63) is 29.3 Å². The molecule has 3 aliphatic heterocycles. The lowest BCUT2D eigenvalue weighted by Crippen LogP contribution is -2.54. The molecular weight excluding hydrogens is 492 g/mol. The Hall–Kier alpha value is -3.47. The van der Waals surface area contributed by atoms with Gasteiger partial charge in [-0.3, -0.25) is 29.0 Å². The molecule has 4 rings (SSSR count). The fourth-order valence-electron chi connectivity index (χ4n) is 4.95. The van der Waals surface area contributed by atoms with Crippen molar-refractivity contribution in [2.75, 3.05) is 38.6 Å². The Morgan fingerprint density at radius 1 is 1.05 bits per heavy atom. The van der Waals surface area contributed by atoms with E-state index in [2.05, 4.69) is 5.32 Å². The number of fused-ring (bicyclic) bond motifs is 1. The summed E-state index contributed by atoms with van der Waals surface area (Å²) >= 11 is 0. The van der Waals surface area contributed by atoms with E-state index in [-0.39, 0.29) is 42.1 Å². The molecule has 38 heavy (non-hydrogen) atoms. The Morgan fingerprint density at radius 3 is 2.45 bits per heavy atom. The number of imide groups is 2. The molecule has 0 aliphatic carbocycles. The van der Waals surface area contributed by atoms with Gasteiger partial charge in [-0.1, -0.05) is 6.07 Å². The van der Waals surface area contributed by atoms with Crippen LogP contribution in [0.4, 0.5) is 10.5 Å². The number of carbonyl (C=O) groups is 5. The number of carbonyl (C=O) groups excluding carboxylic acids is 5. The second-order valence-electron chi connectivity index (χ2n) is 10.9. The number of hydrogen-bond donors (Lipinski definition) is 1. The molecule has 11 heteroatoms. The first-order valence-corrected chi connectivity index (χ1v) is 13.1. The Kier molecular flexibility index (Phi) is 8.05. The van der Waals surface area contributed by atoms with Crippen LogP contribution < -0.4 is 5.32 Å². The number of likely N-dealkylation sites (N-methyl/N-ethyl adjacent to an activating group) is 1. The number of piperidine rings is 2. The number of anilines is 1. The minimum absolute atomic E-state index is 0.0699. The maximum atomic E-state index is 13.3. The van der Waals surface area contributed by atoms with Gasteiger partial charge in [-0.2, -0.15) is 0 Å². The van der Waals surface area contributed by atoms with Gasteiger partial charge >= 0.3 is 6.09 Å². The molecule has 5 amide bonds. The quantitative estimate of drug-likeness (QED) is 0.423. The predicted molar refractivity (Wildman–Crippen MR) is 138 cm³/mol. The number of amides is 5.